The number of ether oxygens (including phenoxy) is 3. The van der Waals surface area contributed by atoms with Crippen LogP contribution in [-0.2, 0) is 10.0 Å². The lowest BCUT2D eigenvalue weighted by atomic mass is 9.86. The summed E-state index contributed by atoms with van der Waals surface area (Å²) in [6, 6.07) is 19.7. The van der Waals surface area contributed by atoms with Crippen molar-refractivity contribution in [2.24, 2.45) is 0 Å². The van der Waals surface area contributed by atoms with Gasteiger partial charge in [-0.15, -0.1) is 0 Å². The highest BCUT2D eigenvalue weighted by Crippen LogP contribution is 2.53. The Kier molecular flexibility index (Phi) is 6.13. The molecule has 0 aliphatic carbocycles. The number of rotatable bonds is 7. The average molecular weight is 454 g/mol. The summed E-state index contributed by atoms with van der Waals surface area (Å²) in [7, 11) is 0.899. The molecule has 3 aromatic rings. The van der Waals surface area contributed by atoms with Crippen LogP contribution in [0.1, 0.15) is 35.2 Å². The number of hydrogen-bond acceptors (Lipinski definition) is 5. The van der Waals surface area contributed by atoms with E-state index in [4.69, 9.17) is 14.2 Å². The van der Waals surface area contributed by atoms with Gasteiger partial charge in [0.2, 0.25) is 15.8 Å². The van der Waals surface area contributed by atoms with Gasteiger partial charge in [-0.2, -0.15) is 4.31 Å². The predicted octanol–water partition coefficient (Wildman–Crippen LogP) is 4.90. The van der Waals surface area contributed by atoms with Crippen LogP contribution in [0, 0.1) is 6.92 Å². The standard InChI is InChI=1S/C25H27NO5S/c1-17-10-12-20(13-11-17)32(27,28)26-21(18-8-6-5-7-9-18)16-22(26)19-14-23(29-2)25(31-4)24(15-19)30-3/h5-15,21-22H,16H2,1-4H3/t21-,22+/m1/s1. The van der Waals surface area contributed by atoms with Crippen LogP contribution in [0.2, 0.25) is 0 Å². The highest BCUT2D eigenvalue weighted by atomic mass is 32.2. The molecule has 0 N–H and O–H groups in total. The van der Waals surface area contributed by atoms with Gasteiger partial charge in [0.1, 0.15) is 0 Å². The van der Waals surface area contributed by atoms with Crippen LogP contribution in [0.25, 0.3) is 0 Å². The van der Waals surface area contributed by atoms with E-state index >= 15 is 0 Å². The van der Waals surface area contributed by atoms with E-state index in [2.05, 4.69) is 0 Å². The van der Waals surface area contributed by atoms with E-state index in [0.717, 1.165) is 16.7 Å². The van der Waals surface area contributed by atoms with E-state index < -0.39 is 10.0 Å². The minimum absolute atomic E-state index is 0.258. The molecule has 2 atom stereocenters. The topological polar surface area (TPSA) is 65.1 Å². The Morgan fingerprint density at radius 2 is 1.34 bits per heavy atom. The number of sulfonamides is 1. The van der Waals surface area contributed by atoms with Crippen LogP contribution < -0.4 is 14.2 Å². The Morgan fingerprint density at radius 3 is 1.88 bits per heavy atom. The van der Waals surface area contributed by atoms with Gasteiger partial charge in [0.25, 0.3) is 0 Å². The lowest BCUT2D eigenvalue weighted by molar-refractivity contribution is 0.110. The normalized spacial score (nSPS) is 18.6. The number of methoxy groups -OCH3 is 3. The first-order valence-corrected chi connectivity index (χ1v) is 11.8. The smallest absolute Gasteiger partial charge is 0.244 e. The summed E-state index contributed by atoms with van der Waals surface area (Å²) in [6.07, 6.45) is 0.647. The van der Waals surface area contributed by atoms with Gasteiger partial charge in [-0.1, -0.05) is 48.0 Å². The van der Waals surface area contributed by atoms with Gasteiger partial charge in [0.15, 0.2) is 11.5 Å². The summed E-state index contributed by atoms with van der Waals surface area (Å²) in [4.78, 5) is 0.279. The van der Waals surface area contributed by atoms with Gasteiger partial charge >= 0.3 is 0 Å². The minimum Gasteiger partial charge on any atom is -0.493 e. The highest BCUT2D eigenvalue weighted by molar-refractivity contribution is 7.89. The van der Waals surface area contributed by atoms with Crippen molar-refractivity contribution in [2.45, 2.75) is 30.3 Å². The Bertz CT molecular complexity index is 1170. The minimum atomic E-state index is -3.75. The number of hydrogen-bond donors (Lipinski definition) is 0. The molecule has 1 aliphatic rings. The van der Waals surface area contributed by atoms with E-state index in [1.165, 1.54) is 0 Å². The van der Waals surface area contributed by atoms with Crippen molar-refractivity contribution in [1.29, 1.82) is 0 Å². The van der Waals surface area contributed by atoms with Crippen LogP contribution in [0.4, 0.5) is 0 Å². The van der Waals surface area contributed by atoms with Gasteiger partial charge in [0, 0.05) is 0 Å². The van der Waals surface area contributed by atoms with E-state index in [9.17, 15) is 8.42 Å². The average Bonchev–Trinajstić information content (AvgIpc) is 2.78. The van der Waals surface area contributed by atoms with Crippen molar-refractivity contribution in [2.75, 3.05) is 21.3 Å². The molecule has 32 heavy (non-hydrogen) atoms. The van der Waals surface area contributed by atoms with E-state index in [-0.39, 0.29) is 17.0 Å². The Balaban J connectivity index is 1.81. The molecule has 6 nitrogen and oxygen atoms in total. The summed E-state index contributed by atoms with van der Waals surface area (Å²) >= 11 is 0. The maximum atomic E-state index is 13.8. The Hall–Kier alpha value is -3.03. The molecule has 0 aromatic heterocycles. The molecule has 0 unspecified atom stereocenters. The van der Waals surface area contributed by atoms with Crippen molar-refractivity contribution < 1.29 is 22.6 Å². The van der Waals surface area contributed by atoms with Gasteiger partial charge < -0.3 is 14.2 Å². The summed E-state index contributed by atoms with van der Waals surface area (Å²) in [5.41, 5.74) is 2.77. The van der Waals surface area contributed by atoms with Crippen LogP contribution in [0.5, 0.6) is 17.2 Å². The molecule has 0 amide bonds. The first-order chi connectivity index (χ1) is 15.4. The van der Waals surface area contributed by atoms with Crippen LogP contribution in [-0.4, -0.2) is 34.1 Å². The maximum Gasteiger partial charge on any atom is 0.244 e. The van der Waals surface area contributed by atoms with Gasteiger partial charge in [0.05, 0.1) is 38.3 Å². The third-order valence-electron chi connectivity index (χ3n) is 5.91. The van der Waals surface area contributed by atoms with Gasteiger partial charge in [-0.25, -0.2) is 8.42 Å². The Morgan fingerprint density at radius 1 is 0.781 bits per heavy atom. The van der Waals surface area contributed by atoms with E-state index in [0.29, 0.717) is 23.7 Å². The summed E-state index contributed by atoms with van der Waals surface area (Å²) in [6.45, 7) is 1.94. The van der Waals surface area contributed by atoms with Crippen molar-refractivity contribution in [3.05, 3.63) is 83.4 Å². The molecule has 168 valence electrons. The van der Waals surface area contributed by atoms with Gasteiger partial charge in [-0.3, -0.25) is 0 Å². The fourth-order valence-electron chi connectivity index (χ4n) is 4.20. The summed E-state index contributed by atoms with van der Waals surface area (Å²) in [5, 5.41) is 0. The molecular formula is C25H27NO5S. The molecule has 4 rings (SSSR count). The largest absolute Gasteiger partial charge is 0.493 e. The lowest BCUT2D eigenvalue weighted by Gasteiger charge is -2.48. The third kappa shape index (κ3) is 3.82. The van der Waals surface area contributed by atoms with Crippen LogP contribution in [0.15, 0.2) is 71.6 Å². The molecule has 1 heterocycles. The quantitative estimate of drug-likeness (QED) is 0.509. The molecule has 0 bridgehead atoms. The predicted molar refractivity (Wildman–Crippen MR) is 123 cm³/mol. The second-order valence-corrected chi connectivity index (χ2v) is 9.63. The van der Waals surface area contributed by atoms with Crippen molar-refractivity contribution in [3.63, 3.8) is 0 Å². The summed E-state index contributed by atoms with van der Waals surface area (Å²) in [5.74, 6) is 1.47. The lowest BCUT2D eigenvalue weighted by Crippen LogP contribution is -2.47. The van der Waals surface area contributed by atoms with E-state index in [1.54, 1.807) is 37.8 Å². The van der Waals surface area contributed by atoms with Crippen molar-refractivity contribution in [1.82, 2.24) is 4.31 Å². The van der Waals surface area contributed by atoms with Crippen LogP contribution in [0.3, 0.4) is 0 Å². The number of aryl methyl sites for hydroxylation is 1. The SMILES string of the molecule is COc1cc([C@@H]2C[C@H](c3ccccc3)N2S(=O)(=O)c2ccc(C)cc2)cc(OC)c1OC. The second-order valence-electron chi connectivity index (χ2n) is 7.78. The summed E-state index contributed by atoms with van der Waals surface area (Å²) < 4.78 is 45.5. The molecule has 0 radical (unpaired) electrons. The number of benzene rings is 3. The monoisotopic (exact) mass is 453 g/mol. The maximum absolute atomic E-state index is 13.8. The van der Waals surface area contributed by atoms with Crippen molar-refractivity contribution >= 4 is 10.0 Å². The zero-order valence-corrected chi connectivity index (χ0v) is 19.4. The Labute approximate surface area is 189 Å². The molecule has 0 spiro atoms. The van der Waals surface area contributed by atoms with Gasteiger partial charge in [-0.05, 0) is 48.7 Å². The first-order valence-electron chi connectivity index (χ1n) is 10.4. The molecule has 7 heteroatoms. The molecular weight excluding hydrogens is 426 g/mol. The fourth-order valence-corrected chi connectivity index (χ4v) is 6.01. The molecule has 1 fully saturated rings. The molecule has 0 saturated carbocycles. The zero-order chi connectivity index (χ0) is 22.9. The fraction of sp³-hybridized carbons (Fsp3) is 0.280. The molecule has 3 aromatic carbocycles. The zero-order valence-electron chi connectivity index (χ0n) is 18.6. The van der Waals surface area contributed by atoms with E-state index in [1.807, 2.05) is 61.5 Å². The number of nitrogens with zero attached hydrogens (tertiary/aromatic N) is 1. The first kappa shape index (κ1) is 22.2. The molecule has 1 saturated heterocycles. The second kappa shape index (κ2) is 8.84. The third-order valence-corrected chi connectivity index (χ3v) is 7.85. The molecule has 1 aliphatic heterocycles. The van der Waals surface area contributed by atoms with Crippen LogP contribution >= 0.6 is 0 Å². The highest BCUT2D eigenvalue weighted by Gasteiger charge is 2.48. The van der Waals surface area contributed by atoms with Crippen molar-refractivity contribution in [3.8, 4) is 17.2 Å².